The fourth-order valence-electron chi connectivity index (χ4n) is 2.08. The minimum atomic E-state index is -0.497. The standard InChI is InChI=1S/2C6H10N2O.C6H10N2S.C5H10N2OS.CH4/c3*1-4(2)6-7-5(3)9-8-6;1-4(2)5-6-8-9(3)7-5;/h3*4H,3H2,1-2H3,(H,7,8);4H,3H2,1-2H3,(H,6,7);1H4. The van der Waals surface area contributed by atoms with E-state index in [4.69, 9.17) is 14.0 Å². The summed E-state index contributed by atoms with van der Waals surface area (Å²) in [7, 11) is -0.497. The number of hydrogen-bond donors (Lipinski definition) is 4. The van der Waals surface area contributed by atoms with Gasteiger partial charge >= 0.3 is 0 Å². The third-order valence-corrected chi connectivity index (χ3v) is 5.50. The summed E-state index contributed by atoms with van der Waals surface area (Å²) in [6.45, 7) is 27.2. The highest BCUT2D eigenvalue weighted by Gasteiger charge is 2.14. The van der Waals surface area contributed by atoms with E-state index in [0.29, 0.717) is 35.4 Å². The van der Waals surface area contributed by atoms with Gasteiger partial charge in [-0.15, -0.1) is 0 Å². The van der Waals surface area contributed by atoms with Crippen LogP contribution in [0.25, 0.3) is 0 Å². The zero-order valence-corrected chi connectivity index (χ0v) is 24.1. The molecule has 0 radical (unpaired) electrons. The molecule has 4 aliphatic rings. The monoisotopic (exact) mass is 556 g/mol. The molecule has 0 aromatic rings. The summed E-state index contributed by atoms with van der Waals surface area (Å²) >= 11 is 1.49. The fraction of sp³-hybridized carbons (Fsp3) is 0.542. The number of hydrogen-bond acceptors (Lipinski definition) is 12. The van der Waals surface area contributed by atoms with Gasteiger partial charge in [-0.1, -0.05) is 69.4 Å². The Labute approximate surface area is 229 Å². The van der Waals surface area contributed by atoms with E-state index in [9.17, 15) is 0 Å². The Morgan fingerprint density at radius 1 is 0.676 bits per heavy atom. The molecule has 4 rings (SSSR count). The Hall–Kier alpha value is -2.77. The van der Waals surface area contributed by atoms with Gasteiger partial charge in [-0.2, -0.15) is 18.7 Å². The maximum Gasteiger partial charge on any atom is 0.240 e. The van der Waals surface area contributed by atoms with E-state index in [-0.39, 0.29) is 7.43 Å². The molecular formula is C24H44N8O3S2. The Balaban J connectivity index is 0.000000463. The van der Waals surface area contributed by atoms with Crippen molar-refractivity contribution < 1.29 is 14.0 Å². The van der Waals surface area contributed by atoms with Crippen molar-refractivity contribution >= 4 is 52.1 Å². The molecule has 0 bridgehead atoms. The largest absolute Gasteiger partial charge is 0.361 e. The molecule has 0 aromatic carbocycles. The van der Waals surface area contributed by atoms with Crippen LogP contribution in [0.5, 0.6) is 0 Å². The van der Waals surface area contributed by atoms with E-state index in [1.165, 1.54) is 11.9 Å². The SMILES string of the molecule is C.C=C1N=C(C(C)C)NO1.C=C1N=C(C(C)C)NO1.C=C1N=C(C(C)C)NS1.C=S1N=C(C(C)C)NO1. The first-order valence-electron chi connectivity index (χ1n) is 11.5. The van der Waals surface area contributed by atoms with Gasteiger partial charge in [0.1, 0.15) is 28.4 Å². The normalized spacial score (nSPS) is 19.1. The van der Waals surface area contributed by atoms with E-state index >= 15 is 0 Å². The van der Waals surface area contributed by atoms with Crippen LogP contribution in [0, 0.1) is 23.7 Å². The van der Waals surface area contributed by atoms with Crippen LogP contribution in [0.15, 0.2) is 55.9 Å². The summed E-state index contributed by atoms with van der Waals surface area (Å²) < 4.78 is 12.1. The highest BCUT2D eigenvalue weighted by atomic mass is 32.2. The molecule has 0 aliphatic carbocycles. The first kappa shape index (κ1) is 34.2. The van der Waals surface area contributed by atoms with Crippen LogP contribution < -0.4 is 21.2 Å². The molecule has 4 aliphatic heterocycles. The molecule has 0 amide bonds. The number of nitrogens with zero attached hydrogens (tertiary/aromatic N) is 4. The summed E-state index contributed by atoms with van der Waals surface area (Å²) in [6.07, 6.45) is 0. The van der Waals surface area contributed by atoms with E-state index in [1.807, 2.05) is 27.7 Å². The zero-order chi connectivity index (χ0) is 27.4. The Morgan fingerprint density at radius 3 is 1.27 bits per heavy atom. The van der Waals surface area contributed by atoms with E-state index in [1.54, 1.807) is 0 Å². The third-order valence-electron chi connectivity index (χ3n) is 4.19. The molecule has 0 aromatic heterocycles. The van der Waals surface area contributed by atoms with Gasteiger partial charge in [0.2, 0.25) is 11.8 Å². The molecule has 13 heteroatoms. The highest BCUT2D eigenvalue weighted by molar-refractivity contribution is 8.09. The van der Waals surface area contributed by atoms with Crippen molar-refractivity contribution in [2.45, 2.75) is 62.8 Å². The van der Waals surface area contributed by atoms with Crippen molar-refractivity contribution in [3.8, 4) is 0 Å². The van der Waals surface area contributed by atoms with E-state index in [0.717, 1.165) is 28.4 Å². The molecule has 0 saturated carbocycles. The Kier molecular flexibility index (Phi) is 15.6. The van der Waals surface area contributed by atoms with Crippen molar-refractivity contribution in [3.63, 3.8) is 0 Å². The van der Waals surface area contributed by atoms with Crippen molar-refractivity contribution in [1.82, 2.24) is 21.2 Å². The zero-order valence-electron chi connectivity index (χ0n) is 22.5. The van der Waals surface area contributed by atoms with Crippen LogP contribution in [-0.2, 0) is 14.0 Å². The molecule has 11 nitrogen and oxygen atoms in total. The molecule has 1 atom stereocenters. The van der Waals surface area contributed by atoms with Crippen molar-refractivity contribution in [2.24, 2.45) is 43.0 Å². The summed E-state index contributed by atoms with van der Waals surface area (Å²) in [5, 5.41) is 0.860. The average Bonchev–Trinajstić information content (AvgIpc) is 3.58. The second-order valence-electron chi connectivity index (χ2n) is 8.89. The minimum Gasteiger partial charge on any atom is -0.361 e. The lowest BCUT2D eigenvalue weighted by Crippen LogP contribution is -2.21. The van der Waals surface area contributed by atoms with Gasteiger partial charge < -0.3 is 14.4 Å². The number of rotatable bonds is 4. The minimum absolute atomic E-state index is 0. The summed E-state index contributed by atoms with van der Waals surface area (Å²) in [4.78, 5) is 21.7. The second-order valence-corrected chi connectivity index (χ2v) is 10.8. The van der Waals surface area contributed by atoms with Crippen molar-refractivity contribution in [2.75, 3.05) is 0 Å². The molecule has 210 valence electrons. The summed E-state index contributed by atoms with van der Waals surface area (Å²) in [6, 6.07) is 0. The number of hydroxylamine groups is 3. The molecule has 1 unspecified atom stereocenters. The van der Waals surface area contributed by atoms with Gasteiger partial charge in [0.15, 0.2) is 0 Å². The van der Waals surface area contributed by atoms with Gasteiger partial charge in [0.25, 0.3) is 0 Å². The number of amidine groups is 4. The lowest BCUT2D eigenvalue weighted by molar-refractivity contribution is 0.176. The second kappa shape index (κ2) is 16.9. The number of aliphatic imine (C=N–C) groups is 3. The topological polar surface area (TPSA) is 125 Å². The molecule has 0 saturated heterocycles. The smallest absolute Gasteiger partial charge is 0.240 e. The van der Waals surface area contributed by atoms with Gasteiger partial charge in [-0.25, -0.2) is 21.4 Å². The quantitative estimate of drug-likeness (QED) is 0.260. The first-order valence-corrected chi connectivity index (χ1v) is 13.6. The number of nitrogens with one attached hydrogen (secondary N) is 4. The molecule has 0 spiro atoms. The maximum atomic E-state index is 4.89. The predicted molar refractivity (Wildman–Crippen MR) is 161 cm³/mol. The summed E-state index contributed by atoms with van der Waals surface area (Å²) in [5.41, 5.74) is 8.02. The average molecular weight is 557 g/mol. The van der Waals surface area contributed by atoms with Gasteiger partial charge in [-0.3, -0.25) is 0 Å². The van der Waals surface area contributed by atoms with Crippen LogP contribution in [0.2, 0.25) is 0 Å². The molecule has 4 heterocycles. The van der Waals surface area contributed by atoms with Crippen molar-refractivity contribution in [1.29, 1.82) is 0 Å². The molecule has 37 heavy (non-hydrogen) atoms. The molecular weight excluding hydrogens is 512 g/mol. The predicted octanol–water partition coefficient (Wildman–Crippen LogP) is 5.60. The van der Waals surface area contributed by atoms with Crippen LogP contribution in [0.3, 0.4) is 0 Å². The van der Waals surface area contributed by atoms with Crippen LogP contribution in [0.1, 0.15) is 62.8 Å². The van der Waals surface area contributed by atoms with Gasteiger partial charge in [0.05, 0.1) is 11.0 Å². The Morgan fingerprint density at radius 2 is 1.11 bits per heavy atom. The molecule has 4 N–H and O–H groups in total. The van der Waals surface area contributed by atoms with E-state index < -0.39 is 11.0 Å². The van der Waals surface area contributed by atoms with Crippen LogP contribution >= 0.6 is 22.9 Å². The van der Waals surface area contributed by atoms with Crippen molar-refractivity contribution in [3.05, 3.63) is 36.5 Å². The lowest BCUT2D eigenvalue weighted by atomic mass is 10.2. The first-order chi connectivity index (χ1) is 16.8. The van der Waals surface area contributed by atoms with Gasteiger partial charge in [-0.05, 0) is 19.0 Å². The van der Waals surface area contributed by atoms with Gasteiger partial charge in [0, 0.05) is 35.6 Å². The fourth-order valence-corrected chi connectivity index (χ4v) is 3.41. The van der Waals surface area contributed by atoms with Crippen LogP contribution in [0.4, 0.5) is 0 Å². The van der Waals surface area contributed by atoms with Crippen LogP contribution in [-0.4, -0.2) is 29.2 Å². The Bertz CT molecular complexity index is 802. The lowest BCUT2D eigenvalue weighted by Gasteiger charge is -2.01. The summed E-state index contributed by atoms with van der Waals surface area (Å²) in [5.74, 6) is 9.78. The molecule has 0 fully saturated rings. The highest BCUT2D eigenvalue weighted by Crippen LogP contribution is 2.20. The maximum absolute atomic E-state index is 4.89. The third kappa shape index (κ3) is 13.4. The van der Waals surface area contributed by atoms with E-state index in [2.05, 4.69) is 93.8 Å².